The number of ether oxygens (including phenoxy) is 1. The number of benzene rings is 1. The van der Waals surface area contributed by atoms with Gasteiger partial charge in [-0.1, -0.05) is 0 Å². The lowest BCUT2D eigenvalue weighted by Gasteiger charge is -2.11. The van der Waals surface area contributed by atoms with Crippen molar-refractivity contribution >= 4 is 0 Å². The summed E-state index contributed by atoms with van der Waals surface area (Å²) in [7, 11) is 1.60. The van der Waals surface area contributed by atoms with Gasteiger partial charge in [0.25, 0.3) is 0 Å². The fraction of sp³-hybridized carbons (Fsp3) is 0.154. The molecule has 1 aromatic carbocycles. The number of pyridine rings is 1. The summed E-state index contributed by atoms with van der Waals surface area (Å²) in [6.45, 7) is 1.70. The minimum atomic E-state index is -0.368. The van der Waals surface area contributed by atoms with Gasteiger partial charge in [-0.15, -0.1) is 0 Å². The van der Waals surface area contributed by atoms with Crippen molar-refractivity contribution in [3.05, 3.63) is 52.4 Å². The van der Waals surface area contributed by atoms with Crippen LogP contribution in [0.25, 0.3) is 5.69 Å². The Morgan fingerprint density at radius 2 is 1.82 bits per heavy atom. The maximum atomic E-state index is 11.2. The van der Waals surface area contributed by atoms with Crippen LogP contribution in [0.2, 0.25) is 0 Å². The first kappa shape index (κ1) is 11.3. The molecule has 0 radical (unpaired) electrons. The van der Waals surface area contributed by atoms with Crippen LogP contribution in [0.1, 0.15) is 5.69 Å². The lowest BCUT2D eigenvalue weighted by atomic mass is 10.2. The zero-order valence-corrected chi connectivity index (χ0v) is 9.68. The summed E-state index contributed by atoms with van der Waals surface area (Å²) in [5.74, 6) is 0.542. The average Bonchev–Trinajstić information content (AvgIpc) is 2.36. The summed E-state index contributed by atoms with van der Waals surface area (Å²) in [5, 5.41) is 9.59. The molecule has 0 amide bonds. The first-order valence-corrected chi connectivity index (χ1v) is 5.19. The molecule has 0 aliphatic heterocycles. The van der Waals surface area contributed by atoms with Crippen LogP contribution in [-0.2, 0) is 0 Å². The summed E-state index contributed by atoms with van der Waals surface area (Å²) in [4.78, 5) is 11.2. The SMILES string of the molecule is COc1ccc(-n2ccc(=O)c(O)c2C)cc1. The van der Waals surface area contributed by atoms with Crippen molar-refractivity contribution in [1.29, 1.82) is 0 Å². The molecular formula is C13H13NO3. The first-order valence-electron chi connectivity index (χ1n) is 5.19. The van der Waals surface area contributed by atoms with Gasteiger partial charge in [-0.3, -0.25) is 4.79 Å². The Labute approximate surface area is 98.7 Å². The summed E-state index contributed by atoms with van der Waals surface area (Å²) in [5.41, 5.74) is 1.01. The van der Waals surface area contributed by atoms with Crippen molar-refractivity contribution in [3.63, 3.8) is 0 Å². The van der Waals surface area contributed by atoms with Gasteiger partial charge in [0.1, 0.15) is 5.75 Å². The van der Waals surface area contributed by atoms with E-state index < -0.39 is 0 Å². The third kappa shape index (κ3) is 2.01. The van der Waals surface area contributed by atoms with Crippen molar-refractivity contribution in [1.82, 2.24) is 4.57 Å². The molecule has 4 heteroatoms. The Morgan fingerprint density at radius 3 is 2.41 bits per heavy atom. The highest BCUT2D eigenvalue weighted by Gasteiger charge is 2.06. The quantitative estimate of drug-likeness (QED) is 0.858. The van der Waals surface area contributed by atoms with Gasteiger partial charge in [-0.05, 0) is 31.2 Å². The molecule has 0 spiro atoms. The molecule has 0 saturated carbocycles. The Kier molecular flexibility index (Phi) is 2.87. The highest BCUT2D eigenvalue weighted by molar-refractivity contribution is 5.41. The highest BCUT2D eigenvalue weighted by Crippen LogP contribution is 2.18. The van der Waals surface area contributed by atoms with Crippen LogP contribution >= 0.6 is 0 Å². The van der Waals surface area contributed by atoms with Crippen molar-refractivity contribution in [2.24, 2.45) is 0 Å². The lowest BCUT2D eigenvalue weighted by molar-refractivity contribution is 0.414. The van der Waals surface area contributed by atoms with E-state index in [1.165, 1.54) is 6.07 Å². The maximum absolute atomic E-state index is 11.2. The maximum Gasteiger partial charge on any atom is 0.223 e. The normalized spacial score (nSPS) is 10.2. The van der Waals surface area contributed by atoms with Crippen LogP contribution in [0.4, 0.5) is 0 Å². The minimum absolute atomic E-state index is 0.219. The zero-order valence-electron chi connectivity index (χ0n) is 9.68. The molecule has 1 aromatic heterocycles. The van der Waals surface area contributed by atoms with Gasteiger partial charge in [0.15, 0.2) is 5.75 Å². The van der Waals surface area contributed by atoms with E-state index in [4.69, 9.17) is 4.74 Å². The van der Waals surface area contributed by atoms with Crippen LogP contribution in [0, 0.1) is 6.92 Å². The molecule has 0 bridgehead atoms. The van der Waals surface area contributed by atoms with Crippen molar-refractivity contribution in [2.45, 2.75) is 6.92 Å². The summed E-state index contributed by atoms with van der Waals surface area (Å²) in [6, 6.07) is 8.70. The first-order chi connectivity index (χ1) is 8.13. The molecule has 1 N–H and O–H groups in total. The largest absolute Gasteiger partial charge is 0.503 e. The molecule has 2 rings (SSSR count). The molecular weight excluding hydrogens is 218 g/mol. The fourth-order valence-electron chi connectivity index (χ4n) is 1.65. The number of nitrogens with zero attached hydrogens (tertiary/aromatic N) is 1. The number of aromatic nitrogens is 1. The zero-order chi connectivity index (χ0) is 12.4. The van der Waals surface area contributed by atoms with E-state index in [1.807, 2.05) is 24.3 Å². The third-order valence-electron chi connectivity index (χ3n) is 2.66. The number of hydrogen-bond donors (Lipinski definition) is 1. The van der Waals surface area contributed by atoms with Crippen LogP contribution in [0.5, 0.6) is 11.5 Å². The second kappa shape index (κ2) is 4.33. The number of hydrogen-bond acceptors (Lipinski definition) is 3. The topological polar surface area (TPSA) is 51.5 Å². The Bertz CT molecular complexity index is 585. The Balaban J connectivity index is 2.53. The van der Waals surface area contributed by atoms with E-state index >= 15 is 0 Å². The third-order valence-corrected chi connectivity index (χ3v) is 2.66. The molecule has 0 aliphatic rings. The summed E-state index contributed by atoms with van der Waals surface area (Å²) in [6.07, 6.45) is 1.64. The lowest BCUT2D eigenvalue weighted by Crippen LogP contribution is -2.08. The van der Waals surface area contributed by atoms with Crippen LogP contribution in [-0.4, -0.2) is 16.8 Å². The smallest absolute Gasteiger partial charge is 0.223 e. The Hall–Kier alpha value is -2.23. The van der Waals surface area contributed by atoms with E-state index in [-0.39, 0.29) is 11.2 Å². The van der Waals surface area contributed by atoms with Gasteiger partial charge in [0, 0.05) is 18.0 Å². The average molecular weight is 231 g/mol. The van der Waals surface area contributed by atoms with Gasteiger partial charge in [-0.2, -0.15) is 0 Å². The van der Waals surface area contributed by atoms with Crippen molar-refractivity contribution in [2.75, 3.05) is 7.11 Å². The molecule has 2 aromatic rings. The van der Waals surface area contributed by atoms with Gasteiger partial charge < -0.3 is 14.4 Å². The van der Waals surface area contributed by atoms with Crippen LogP contribution in [0.15, 0.2) is 41.3 Å². The molecule has 0 fully saturated rings. The standard InChI is InChI=1S/C13H13NO3/c1-9-13(16)12(15)7-8-14(9)10-3-5-11(17-2)6-4-10/h3-8,16H,1-2H3. The molecule has 0 saturated heterocycles. The molecule has 0 atom stereocenters. The van der Waals surface area contributed by atoms with E-state index in [2.05, 4.69) is 0 Å². The van der Waals surface area contributed by atoms with Crippen LogP contribution < -0.4 is 10.2 Å². The second-order valence-corrected chi connectivity index (χ2v) is 3.68. The van der Waals surface area contributed by atoms with Crippen molar-refractivity contribution in [3.8, 4) is 17.2 Å². The monoisotopic (exact) mass is 231 g/mol. The predicted molar refractivity (Wildman–Crippen MR) is 65.0 cm³/mol. The fourth-order valence-corrected chi connectivity index (χ4v) is 1.65. The van der Waals surface area contributed by atoms with E-state index in [9.17, 15) is 9.90 Å². The molecule has 88 valence electrons. The second-order valence-electron chi connectivity index (χ2n) is 3.68. The van der Waals surface area contributed by atoms with E-state index in [0.29, 0.717) is 5.69 Å². The van der Waals surface area contributed by atoms with E-state index in [0.717, 1.165) is 11.4 Å². The predicted octanol–water partition coefficient (Wildman–Crippen LogP) is 1.86. The summed E-state index contributed by atoms with van der Waals surface area (Å²) < 4.78 is 6.82. The van der Waals surface area contributed by atoms with Crippen molar-refractivity contribution < 1.29 is 9.84 Å². The summed E-state index contributed by atoms with van der Waals surface area (Å²) >= 11 is 0. The molecule has 0 aliphatic carbocycles. The molecule has 0 unspecified atom stereocenters. The van der Waals surface area contributed by atoms with Gasteiger partial charge in [0.2, 0.25) is 5.43 Å². The van der Waals surface area contributed by atoms with Gasteiger partial charge in [-0.25, -0.2) is 0 Å². The molecule has 4 nitrogen and oxygen atoms in total. The minimum Gasteiger partial charge on any atom is -0.503 e. The van der Waals surface area contributed by atoms with Gasteiger partial charge in [0.05, 0.1) is 12.8 Å². The molecule has 1 heterocycles. The number of rotatable bonds is 2. The number of aromatic hydroxyl groups is 1. The van der Waals surface area contributed by atoms with Crippen LogP contribution in [0.3, 0.4) is 0 Å². The molecule has 17 heavy (non-hydrogen) atoms. The van der Waals surface area contributed by atoms with E-state index in [1.54, 1.807) is 24.8 Å². The highest BCUT2D eigenvalue weighted by atomic mass is 16.5. The van der Waals surface area contributed by atoms with Gasteiger partial charge >= 0.3 is 0 Å². The Morgan fingerprint density at radius 1 is 1.18 bits per heavy atom. The number of methoxy groups -OCH3 is 1.